The van der Waals surface area contributed by atoms with E-state index in [0.717, 1.165) is 32.0 Å². The largest absolute Gasteiger partial charge is 0.495 e. The summed E-state index contributed by atoms with van der Waals surface area (Å²) in [6, 6.07) is 5.04. The van der Waals surface area contributed by atoms with E-state index in [4.69, 9.17) is 16.3 Å². The molecule has 2 amide bonds. The van der Waals surface area contributed by atoms with Crippen molar-refractivity contribution in [1.29, 1.82) is 0 Å². The molecule has 0 spiro atoms. The fourth-order valence-electron chi connectivity index (χ4n) is 3.04. The van der Waals surface area contributed by atoms with Crippen molar-refractivity contribution in [2.45, 2.75) is 13.5 Å². The average molecular weight is 378 g/mol. The van der Waals surface area contributed by atoms with Crippen molar-refractivity contribution in [3.05, 3.63) is 41.4 Å². The standard InChI is InChI=1S/C18H24ClN5O2/c1-14-20-5-6-23(14)10-7-22-8-11-24(12-9-22)18(25)21-16-13-15(19)3-4-17(16)26-2/h3-6,13H,7-12H2,1-2H3,(H,21,25). The topological polar surface area (TPSA) is 62.6 Å². The van der Waals surface area contributed by atoms with E-state index in [0.29, 0.717) is 29.5 Å². The number of benzene rings is 1. The van der Waals surface area contributed by atoms with Crippen LogP contribution in [-0.4, -0.2) is 65.2 Å². The first-order chi connectivity index (χ1) is 12.6. The highest BCUT2D eigenvalue weighted by molar-refractivity contribution is 6.31. The van der Waals surface area contributed by atoms with Gasteiger partial charge >= 0.3 is 6.03 Å². The highest BCUT2D eigenvalue weighted by atomic mass is 35.5. The number of hydrogen-bond acceptors (Lipinski definition) is 4. The third-order valence-electron chi connectivity index (χ3n) is 4.64. The zero-order valence-electron chi connectivity index (χ0n) is 15.1. The molecular weight excluding hydrogens is 354 g/mol. The van der Waals surface area contributed by atoms with E-state index >= 15 is 0 Å². The van der Waals surface area contributed by atoms with Gasteiger partial charge in [-0.2, -0.15) is 0 Å². The Bertz CT molecular complexity index is 756. The van der Waals surface area contributed by atoms with Crippen LogP contribution in [0.25, 0.3) is 0 Å². The van der Waals surface area contributed by atoms with Crippen LogP contribution >= 0.6 is 11.6 Å². The maximum absolute atomic E-state index is 12.5. The molecule has 7 nitrogen and oxygen atoms in total. The number of anilines is 1. The van der Waals surface area contributed by atoms with Gasteiger partial charge in [-0.15, -0.1) is 0 Å². The predicted octanol–water partition coefficient (Wildman–Crippen LogP) is 2.70. The number of hydrogen-bond donors (Lipinski definition) is 1. The van der Waals surface area contributed by atoms with Crippen molar-refractivity contribution in [3.63, 3.8) is 0 Å². The summed E-state index contributed by atoms with van der Waals surface area (Å²) in [5.74, 6) is 1.62. The van der Waals surface area contributed by atoms with Gasteiger partial charge in [-0.05, 0) is 25.1 Å². The Morgan fingerprint density at radius 1 is 1.27 bits per heavy atom. The Labute approximate surface area is 158 Å². The average Bonchev–Trinajstić information content (AvgIpc) is 3.05. The predicted molar refractivity (Wildman–Crippen MR) is 102 cm³/mol. The Balaban J connectivity index is 1.49. The molecule has 2 heterocycles. The molecule has 0 unspecified atom stereocenters. The van der Waals surface area contributed by atoms with Crippen LogP contribution in [-0.2, 0) is 6.54 Å². The van der Waals surface area contributed by atoms with Gasteiger partial charge in [0.1, 0.15) is 11.6 Å². The van der Waals surface area contributed by atoms with Gasteiger partial charge in [0.2, 0.25) is 0 Å². The Hall–Kier alpha value is -2.25. The number of methoxy groups -OCH3 is 1. The number of imidazole rings is 1. The van der Waals surface area contributed by atoms with Gasteiger partial charge in [-0.1, -0.05) is 11.6 Å². The number of amides is 2. The van der Waals surface area contributed by atoms with Crippen LogP contribution in [0.15, 0.2) is 30.6 Å². The molecule has 140 valence electrons. The van der Waals surface area contributed by atoms with Crippen LogP contribution in [0.3, 0.4) is 0 Å². The zero-order valence-corrected chi connectivity index (χ0v) is 15.9. The van der Waals surface area contributed by atoms with Gasteiger partial charge in [0.25, 0.3) is 0 Å². The first kappa shape index (κ1) is 18.5. The summed E-state index contributed by atoms with van der Waals surface area (Å²) < 4.78 is 7.42. The van der Waals surface area contributed by atoms with Crippen molar-refractivity contribution in [2.75, 3.05) is 45.2 Å². The van der Waals surface area contributed by atoms with Crippen molar-refractivity contribution in [3.8, 4) is 5.75 Å². The van der Waals surface area contributed by atoms with Crippen LogP contribution in [0, 0.1) is 6.92 Å². The molecule has 26 heavy (non-hydrogen) atoms. The molecule has 2 aromatic rings. The van der Waals surface area contributed by atoms with Crippen molar-refractivity contribution < 1.29 is 9.53 Å². The molecule has 3 rings (SSSR count). The SMILES string of the molecule is COc1ccc(Cl)cc1NC(=O)N1CCN(CCn2ccnc2C)CC1. The summed E-state index contributed by atoms with van der Waals surface area (Å²) in [6.07, 6.45) is 3.82. The molecule has 0 atom stereocenters. The number of carbonyl (C=O) groups excluding carboxylic acids is 1. The Morgan fingerprint density at radius 2 is 2.04 bits per heavy atom. The molecule has 0 aliphatic carbocycles. The second kappa shape index (κ2) is 8.42. The molecule has 1 aromatic carbocycles. The monoisotopic (exact) mass is 377 g/mol. The first-order valence-corrected chi connectivity index (χ1v) is 9.04. The number of ether oxygens (including phenoxy) is 1. The molecule has 0 bridgehead atoms. The highest BCUT2D eigenvalue weighted by Gasteiger charge is 2.22. The molecule has 8 heteroatoms. The molecule has 1 aromatic heterocycles. The fourth-order valence-corrected chi connectivity index (χ4v) is 3.21. The number of piperazine rings is 1. The van der Waals surface area contributed by atoms with Crippen LogP contribution in [0.2, 0.25) is 5.02 Å². The molecule has 0 radical (unpaired) electrons. The number of aromatic nitrogens is 2. The van der Waals surface area contributed by atoms with E-state index in [1.807, 2.05) is 24.2 Å². The Morgan fingerprint density at radius 3 is 2.69 bits per heavy atom. The van der Waals surface area contributed by atoms with E-state index < -0.39 is 0 Å². The lowest BCUT2D eigenvalue weighted by atomic mass is 10.3. The van der Waals surface area contributed by atoms with Gasteiger partial charge in [-0.25, -0.2) is 9.78 Å². The van der Waals surface area contributed by atoms with E-state index in [-0.39, 0.29) is 6.03 Å². The highest BCUT2D eigenvalue weighted by Crippen LogP contribution is 2.28. The van der Waals surface area contributed by atoms with Gasteiger partial charge in [0.15, 0.2) is 0 Å². The van der Waals surface area contributed by atoms with Crippen molar-refractivity contribution in [1.82, 2.24) is 19.4 Å². The van der Waals surface area contributed by atoms with Crippen molar-refractivity contribution >= 4 is 23.3 Å². The molecule has 1 fully saturated rings. The number of carbonyl (C=O) groups is 1. The first-order valence-electron chi connectivity index (χ1n) is 8.66. The molecule has 1 aliphatic rings. The lowest BCUT2D eigenvalue weighted by Gasteiger charge is -2.34. The maximum Gasteiger partial charge on any atom is 0.322 e. The van der Waals surface area contributed by atoms with Crippen LogP contribution in [0.4, 0.5) is 10.5 Å². The van der Waals surface area contributed by atoms with Crippen LogP contribution in [0.5, 0.6) is 5.75 Å². The summed E-state index contributed by atoms with van der Waals surface area (Å²) >= 11 is 6.02. The van der Waals surface area contributed by atoms with Crippen LogP contribution in [0.1, 0.15) is 5.82 Å². The minimum Gasteiger partial charge on any atom is -0.495 e. The van der Waals surface area contributed by atoms with Gasteiger partial charge in [0, 0.05) is 56.7 Å². The third-order valence-corrected chi connectivity index (χ3v) is 4.88. The summed E-state index contributed by atoms with van der Waals surface area (Å²) in [5.41, 5.74) is 0.586. The number of halogens is 1. The number of nitrogens with zero attached hydrogens (tertiary/aromatic N) is 4. The smallest absolute Gasteiger partial charge is 0.322 e. The van der Waals surface area contributed by atoms with E-state index in [1.165, 1.54) is 0 Å². The van der Waals surface area contributed by atoms with Crippen molar-refractivity contribution in [2.24, 2.45) is 0 Å². The Kier molecular flexibility index (Phi) is 6.00. The van der Waals surface area contributed by atoms with Gasteiger partial charge in [0.05, 0.1) is 12.8 Å². The maximum atomic E-state index is 12.5. The summed E-state index contributed by atoms with van der Waals surface area (Å²) in [5, 5.41) is 3.45. The van der Waals surface area contributed by atoms with E-state index in [9.17, 15) is 4.79 Å². The molecule has 1 saturated heterocycles. The lowest BCUT2D eigenvalue weighted by molar-refractivity contribution is 0.144. The molecule has 0 saturated carbocycles. The summed E-state index contributed by atoms with van der Waals surface area (Å²) in [6.45, 7) is 6.97. The number of aryl methyl sites for hydroxylation is 1. The van der Waals surface area contributed by atoms with Crippen LogP contribution < -0.4 is 10.1 Å². The van der Waals surface area contributed by atoms with Gasteiger partial charge in [-0.3, -0.25) is 4.90 Å². The number of rotatable bonds is 5. The molecule has 1 aliphatic heterocycles. The number of nitrogens with one attached hydrogen (secondary N) is 1. The second-order valence-electron chi connectivity index (χ2n) is 6.27. The lowest BCUT2D eigenvalue weighted by Crippen LogP contribution is -2.50. The van der Waals surface area contributed by atoms with E-state index in [1.54, 1.807) is 25.3 Å². The second-order valence-corrected chi connectivity index (χ2v) is 6.71. The minimum atomic E-state index is -0.129. The van der Waals surface area contributed by atoms with Gasteiger partial charge < -0.3 is 19.5 Å². The molecular formula is C18H24ClN5O2. The summed E-state index contributed by atoms with van der Waals surface area (Å²) in [4.78, 5) is 21.0. The zero-order chi connectivity index (χ0) is 18.5. The normalized spacial score (nSPS) is 15.1. The minimum absolute atomic E-state index is 0.129. The van der Waals surface area contributed by atoms with E-state index in [2.05, 4.69) is 19.8 Å². The fraction of sp³-hybridized carbons (Fsp3) is 0.444. The number of urea groups is 1. The molecule has 1 N–H and O–H groups in total. The summed E-state index contributed by atoms with van der Waals surface area (Å²) in [7, 11) is 1.57. The third kappa shape index (κ3) is 4.47. The quantitative estimate of drug-likeness (QED) is 0.870.